The number of oxime groups is 1. The van der Waals surface area contributed by atoms with E-state index in [-0.39, 0.29) is 0 Å². The normalized spacial score (nSPS) is 12.5. The molecule has 0 radical (unpaired) electrons. The van der Waals surface area contributed by atoms with Crippen LogP contribution in [0.2, 0.25) is 0 Å². The maximum atomic E-state index is 5.57. The van der Waals surface area contributed by atoms with Crippen LogP contribution in [0.15, 0.2) is 41.3 Å². The predicted molar refractivity (Wildman–Crippen MR) is 65.2 cm³/mol. The second kappa shape index (κ2) is 5.95. The third-order valence-electron chi connectivity index (χ3n) is 2.10. The number of allylic oxidation sites excluding steroid dienone is 2. The minimum absolute atomic E-state index is 0.474. The van der Waals surface area contributed by atoms with E-state index in [0.29, 0.717) is 5.90 Å². The number of ether oxygens (including phenoxy) is 1. The van der Waals surface area contributed by atoms with E-state index in [4.69, 9.17) is 9.57 Å². The van der Waals surface area contributed by atoms with Crippen LogP contribution in [0.1, 0.15) is 25.0 Å². The van der Waals surface area contributed by atoms with Crippen molar-refractivity contribution < 1.29 is 9.57 Å². The molecular formula is C13H17NO2. The van der Waals surface area contributed by atoms with Crippen LogP contribution in [0.4, 0.5) is 0 Å². The fraction of sp³-hybridized carbons (Fsp3) is 0.308. The molecular weight excluding hydrogens is 202 g/mol. The third-order valence-corrected chi connectivity index (χ3v) is 2.10. The minimum atomic E-state index is 0.474. The Labute approximate surface area is 96.4 Å². The van der Waals surface area contributed by atoms with Crippen LogP contribution < -0.4 is 0 Å². The quantitative estimate of drug-likeness (QED) is 0.338. The van der Waals surface area contributed by atoms with Gasteiger partial charge in [-0.15, -0.1) is 0 Å². The zero-order valence-electron chi connectivity index (χ0n) is 10.2. The monoisotopic (exact) mass is 219 g/mol. The van der Waals surface area contributed by atoms with Crippen molar-refractivity contribution in [1.82, 2.24) is 0 Å². The highest BCUT2D eigenvalue weighted by atomic mass is 16.6. The Morgan fingerprint density at radius 1 is 1.38 bits per heavy atom. The summed E-state index contributed by atoms with van der Waals surface area (Å²) >= 11 is 0. The molecule has 0 aliphatic rings. The van der Waals surface area contributed by atoms with E-state index < -0.39 is 0 Å². The molecule has 0 spiro atoms. The van der Waals surface area contributed by atoms with Gasteiger partial charge in [-0.05, 0) is 44.1 Å². The summed E-state index contributed by atoms with van der Waals surface area (Å²) in [5, 5.41) is 3.88. The number of hydrogen-bond acceptors (Lipinski definition) is 3. The van der Waals surface area contributed by atoms with Crippen LogP contribution in [0.3, 0.4) is 0 Å². The van der Waals surface area contributed by atoms with Gasteiger partial charge in [0.1, 0.15) is 7.11 Å². The van der Waals surface area contributed by atoms with Gasteiger partial charge in [0.2, 0.25) is 0 Å². The van der Waals surface area contributed by atoms with Crippen LogP contribution in [-0.2, 0) is 9.57 Å². The molecule has 0 heterocycles. The molecule has 0 saturated heterocycles. The molecule has 0 aliphatic carbocycles. The molecule has 86 valence electrons. The fourth-order valence-corrected chi connectivity index (χ4v) is 1.20. The topological polar surface area (TPSA) is 30.8 Å². The van der Waals surface area contributed by atoms with Gasteiger partial charge in [0, 0.05) is 5.56 Å². The lowest BCUT2D eigenvalue weighted by Crippen LogP contribution is -2.06. The van der Waals surface area contributed by atoms with Gasteiger partial charge in [-0.2, -0.15) is 0 Å². The van der Waals surface area contributed by atoms with Crippen LogP contribution in [0.5, 0.6) is 0 Å². The Hall–Kier alpha value is -1.77. The summed E-state index contributed by atoms with van der Waals surface area (Å²) in [6, 6.07) is 7.93. The van der Waals surface area contributed by atoms with Crippen LogP contribution in [-0.4, -0.2) is 13.0 Å². The van der Waals surface area contributed by atoms with Crippen molar-refractivity contribution in [3.63, 3.8) is 0 Å². The Balaban J connectivity index is 2.99. The van der Waals surface area contributed by atoms with E-state index in [0.717, 1.165) is 16.9 Å². The average molecular weight is 219 g/mol. The van der Waals surface area contributed by atoms with Crippen molar-refractivity contribution in [3.05, 3.63) is 47.2 Å². The van der Waals surface area contributed by atoms with Gasteiger partial charge in [-0.1, -0.05) is 17.7 Å². The summed E-state index contributed by atoms with van der Waals surface area (Å²) < 4.78 is 5.57. The zero-order valence-corrected chi connectivity index (χ0v) is 10.2. The Bertz CT molecular complexity index is 408. The van der Waals surface area contributed by atoms with Crippen molar-refractivity contribution in [2.75, 3.05) is 7.11 Å². The van der Waals surface area contributed by atoms with Gasteiger partial charge >= 0.3 is 0 Å². The largest absolute Gasteiger partial charge is 0.441 e. The zero-order chi connectivity index (χ0) is 12.0. The number of hydrogen-bond donors (Lipinski definition) is 0. The number of rotatable bonds is 3. The molecule has 0 N–H and O–H groups in total. The molecule has 16 heavy (non-hydrogen) atoms. The summed E-state index contributed by atoms with van der Waals surface area (Å²) in [4.78, 5) is 4.78. The average Bonchev–Trinajstić information content (AvgIpc) is 2.28. The smallest absolute Gasteiger partial charge is 0.262 e. The maximum Gasteiger partial charge on any atom is 0.262 e. The van der Waals surface area contributed by atoms with E-state index in [1.54, 1.807) is 0 Å². The molecule has 0 saturated carbocycles. The molecule has 1 aromatic rings. The van der Waals surface area contributed by atoms with Gasteiger partial charge in [0.25, 0.3) is 5.90 Å². The fourth-order valence-electron chi connectivity index (χ4n) is 1.20. The highest BCUT2D eigenvalue weighted by Gasteiger charge is 2.06. The first kappa shape index (κ1) is 12.3. The van der Waals surface area contributed by atoms with E-state index in [2.05, 4.69) is 5.16 Å². The van der Waals surface area contributed by atoms with Crippen molar-refractivity contribution in [2.24, 2.45) is 5.16 Å². The van der Waals surface area contributed by atoms with Crippen molar-refractivity contribution >= 4 is 5.90 Å². The second-order valence-corrected chi connectivity index (χ2v) is 3.45. The van der Waals surface area contributed by atoms with Crippen LogP contribution >= 0.6 is 0 Å². The summed E-state index contributed by atoms with van der Waals surface area (Å²) in [7, 11) is 1.50. The van der Waals surface area contributed by atoms with E-state index in [1.165, 1.54) is 7.11 Å². The third kappa shape index (κ3) is 3.42. The lowest BCUT2D eigenvalue weighted by atomic mass is 10.1. The van der Waals surface area contributed by atoms with Crippen molar-refractivity contribution in [3.8, 4) is 0 Å². The number of benzene rings is 1. The van der Waals surface area contributed by atoms with Gasteiger partial charge in [-0.25, -0.2) is 0 Å². The van der Waals surface area contributed by atoms with Gasteiger partial charge < -0.3 is 9.57 Å². The Morgan fingerprint density at radius 3 is 2.69 bits per heavy atom. The highest BCUT2D eigenvalue weighted by Crippen LogP contribution is 2.09. The van der Waals surface area contributed by atoms with Gasteiger partial charge in [0.05, 0.1) is 5.76 Å². The lowest BCUT2D eigenvalue weighted by molar-refractivity contribution is 0.201. The molecule has 0 atom stereocenters. The molecule has 1 rings (SSSR count). The molecule has 1 aromatic carbocycles. The molecule has 0 fully saturated rings. The first-order valence-corrected chi connectivity index (χ1v) is 5.16. The SMILES string of the molecule is C/C=C(\C)O/C(=N/OC)c1cccc(C)c1. The molecule has 3 heteroatoms. The lowest BCUT2D eigenvalue weighted by Gasteiger charge is -2.08. The molecule has 0 unspecified atom stereocenters. The van der Waals surface area contributed by atoms with Crippen LogP contribution in [0.25, 0.3) is 0 Å². The van der Waals surface area contributed by atoms with Crippen LogP contribution in [0, 0.1) is 6.92 Å². The van der Waals surface area contributed by atoms with Gasteiger partial charge in [-0.3, -0.25) is 0 Å². The Kier molecular flexibility index (Phi) is 4.58. The summed E-state index contributed by atoms with van der Waals surface area (Å²) in [5.74, 6) is 1.26. The first-order valence-electron chi connectivity index (χ1n) is 5.16. The van der Waals surface area contributed by atoms with E-state index in [1.807, 2.05) is 51.1 Å². The molecule has 3 nitrogen and oxygen atoms in total. The first-order chi connectivity index (χ1) is 7.67. The second-order valence-electron chi connectivity index (χ2n) is 3.45. The summed E-state index contributed by atoms with van der Waals surface area (Å²) in [5.41, 5.74) is 2.06. The Morgan fingerprint density at radius 2 is 2.12 bits per heavy atom. The minimum Gasteiger partial charge on any atom is -0.441 e. The predicted octanol–water partition coefficient (Wildman–Crippen LogP) is 3.24. The molecule has 0 amide bonds. The van der Waals surface area contributed by atoms with E-state index >= 15 is 0 Å². The molecule has 0 bridgehead atoms. The standard InChI is InChI=1S/C13H17NO2/c1-5-11(3)16-13(14-15-4)12-8-6-7-10(2)9-12/h5-9H,1-4H3/b11-5+,14-13+. The highest BCUT2D eigenvalue weighted by molar-refractivity contribution is 5.94. The summed E-state index contributed by atoms with van der Waals surface area (Å²) in [6.45, 7) is 5.81. The van der Waals surface area contributed by atoms with Crippen molar-refractivity contribution in [1.29, 1.82) is 0 Å². The molecule has 0 aromatic heterocycles. The number of nitrogens with zero attached hydrogens (tertiary/aromatic N) is 1. The number of aryl methyl sites for hydroxylation is 1. The molecule has 0 aliphatic heterocycles. The maximum absolute atomic E-state index is 5.57. The van der Waals surface area contributed by atoms with Crippen molar-refractivity contribution in [2.45, 2.75) is 20.8 Å². The summed E-state index contributed by atoms with van der Waals surface area (Å²) in [6.07, 6.45) is 1.88. The van der Waals surface area contributed by atoms with Gasteiger partial charge in [0.15, 0.2) is 0 Å². The van der Waals surface area contributed by atoms with E-state index in [9.17, 15) is 0 Å².